The van der Waals surface area contributed by atoms with E-state index in [1.165, 1.54) is 45.0 Å². The quantitative estimate of drug-likeness (QED) is 0.0361. The molecule has 0 saturated heterocycles. The molecule has 388 valence electrons. The number of amides is 8. The third-order valence-electron chi connectivity index (χ3n) is 10.5. The Balaban J connectivity index is 2.42. The molecule has 0 heterocycles. The minimum Gasteiger partial charge on any atom is -0.508 e. The fourth-order valence-corrected chi connectivity index (χ4v) is 6.57. The predicted octanol–water partition coefficient (Wildman–Crippen LogP) is -2.87. The van der Waals surface area contributed by atoms with E-state index in [9.17, 15) is 78.0 Å². The van der Waals surface area contributed by atoms with Crippen molar-refractivity contribution in [2.45, 2.75) is 127 Å². The number of benzene rings is 2. The topological polar surface area (TPSA) is 442 Å². The maximum atomic E-state index is 14.1. The summed E-state index contributed by atoms with van der Waals surface area (Å²) in [7, 11) is 0. The first-order valence-electron chi connectivity index (χ1n) is 22.1. The van der Waals surface area contributed by atoms with E-state index in [1.54, 1.807) is 30.3 Å². The first kappa shape index (κ1) is 59.0. The van der Waals surface area contributed by atoms with Gasteiger partial charge in [-0.25, -0.2) is 4.79 Å². The highest BCUT2D eigenvalue weighted by molar-refractivity contribution is 5.99. The minimum absolute atomic E-state index is 0.171. The van der Waals surface area contributed by atoms with Gasteiger partial charge in [-0.2, -0.15) is 0 Å². The molecule has 0 aliphatic rings. The molecular formula is C45H61N9O17. The van der Waals surface area contributed by atoms with Gasteiger partial charge in [0.05, 0.1) is 12.5 Å². The number of carboxylic acids is 4. The van der Waals surface area contributed by atoms with E-state index in [1.807, 2.05) is 0 Å². The molecule has 0 fully saturated rings. The lowest BCUT2D eigenvalue weighted by atomic mass is 10.00. The predicted molar refractivity (Wildman–Crippen MR) is 246 cm³/mol. The molecule has 0 saturated carbocycles. The highest BCUT2D eigenvalue weighted by Crippen LogP contribution is 2.14. The number of primary amides is 1. The molecule has 2 aromatic rings. The zero-order chi connectivity index (χ0) is 53.5. The van der Waals surface area contributed by atoms with Gasteiger partial charge in [0.2, 0.25) is 47.3 Å². The fourth-order valence-electron chi connectivity index (χ4n) is 6.57. The van der Waals surface area contributed by atoms with Gasteiger partial charge in [0.1, 0.15) is 48.0 Å². The molecular weight excluding hydrogens is 939 g/mol. The van der Waals surface area contributed by atoms with Gasteiger partial charge in [-0.1, -0.05) is 56.3 Å². The lowest BCUT2D eigenvalue weighted by Crippen LogP contribution is -2.61. The van der Waals surface area contributed by atoms with E-state index in [0.717, 1.165) is 0 Å². The number of phenolic OH excluding ortho intramolecular Hbond substituents is 1. The van der Waals surface area contributed by atoms with Crippen molar-refractivity contribution in [2.24, 2.45) is 17.4 Å². The molecule has 26 heteroatoms. The Labute approximate surface area is 406 Å². The van der Waals surface area contributed by atoms with Crippen LogP contribution in [0.25, 0.3) is 0 Å². The standard InChI is InChI=1S/C45H61N9O17/c1-22(2)37(44(69)50-28(14-17-35(59)60)40(65)53-32(45(70)71)20-24-7-5-4-6-8-24)54-41(66)29(15-18-36(61)62)49-42(67)30(19-25-9-11-26(55)12-10-25)52-43(68)31(21-33(47)56)51-38(63)23(3)48-39(64)27(46)13-16-34(57)58/h4-12,22-23,27-32,37,55H,13-21,46H2,1-3H3,(H2,47,56)(H,48,64)(H,49,67)(H,50,69)(H,51,63)(H,52,68)(H,53,65)(H,54,66)(H,57,58)(H,59,60)(H,61,62)(H,70,71)/t23-,27-,28-,29-,30-,31-,32-,37-/m0/s1. The zero-order valence-corrected chi connectivity index (χ0v) is 39.0. The second-order valence-electron chi connectivity index (χ2n) is 16.7. The molecule has 0 radical (unpaired) electrons. The lowest BCUT2D eigenvalue weighted by Gasteiger charge is -2.29. The Morgan fingerprint density at radius 2 is 0.901 bits per heavy atom. The normalized spacial score (nSPS) is 14.3. The molecule has 16 N–H and O–H groups in total. The fraction of sp³-hybridized carbons (Fsp3) is 0.467. The van der Waals surface area contributed by atoms with Crippen LogP contribution in [0.1, 0.15) is 76.8 Å². The number of hydrogen-bond acceptors (Lipinski definition) is 14. The molecule has 0 aromatic heterocycles. The average Bonchev–Trinajstić information content (AvgIpc) is 3.29. The summed E-state index contributed by atoms with van der Waals surface area (Å²) in [6.07, 6.45) is -4.65. The number of carboxylic acid groups (broad SMARTS) is 4. The molecule has 71 heavy (non-hydrogen) atoms. The average molecular weight is 1000 g/mol. The van der Waals surface area contributed by atoms with Gasteiger partial charge >= 0.3 is 23.9 Å². The Hall–Kier alpha value is -8.16. The van der Waals surface area contributed by atoms with Crippen LogP contribution in [-0.2, 0) is 70.4 Å². The van der Waals surface area contributed by atoms with Crippen LogP contribution in [-0.4, -0.2) is 145 Å². The van der Waals surface area contributed by atoms with Crippen molar-refractivity contribution in [2.75, 3.05) is 0 Å². The number of carbonyl (C=O) groups is 12. The smallest absolute Gasteiger partial charge is 0.326 e. The lowest BCUT2D eigenvalue weighted by molar-refractivity contribution is -0.143. The molecule has 0 bridgehead atoms. The highest BCUT2D eigenvalue weighted by Gasteiger charge is 2.36. The van der Waals surface area contributed by atoms with E-state index in [0.29, 0.717) is 11.1 Å². The van der Waals surface area contributed by atoms with Gasteiger partial charge in [-0.05, 0) is 55.4 Å². The van der Waals surface area contributed by atoms with Gasteiger partial charge in [0.25, 0.3) is 0 Å². The van der Waals surface area contributed by atoms with Crippen LogP contribution in [0.3, 0.4) is 0 Å². The third kappa shape index (κ3) is 21.8. The molecule has 2 rings (SSSR count). The third-order valence-corrected chi connectivity index (χ3v) is 10.5. The zero-order valence-electron chi connectivity index (χ0n) is 39.0. The Kier molecular flexibility index (Phi) is 24.1. The van der Waals surface area contributed by atoms with Crippen molar-refractivity contribution < 1.29 is 83.1 Å². The SMILES string of the molecule is CC(C)[C@H](NC(=O)[C@H](CCC(=O)O)NC(=O)[C@H](Cc1ccc(O)cc1)NC(=O)[C@H](CC(N)=O)NC(=O)[C@H](C)NC(=O)[C@@H](N)CCC(=O)O)C(=O)N[C@@H](CCC(=O)O)C(=O)N[C@@H](Cc1ccccc1)C(=O)O. The summed E-state index contributed by atoms with van der Waals surface area (Å²) in [5.41, 5.74) is 11.9. The van der Waals surface area contributed by atoms with Gasteiger partial charge < -0.3 is 74.2 Å². The largest absolute Gasteiger partial charge is 0.508 e. The molecule has 8 atom stereocenters. The van der Waals surface area contributed by atoms with Crippen LogP contribution in [0, 0.1) is 5.92 Å². The van der Waals surface area contributed by atoms with Gasteiger partial charge in [-0.3, -0.25) is 52.7 Å². The molecule has 2 aromatic carbocycles. The highest BCUT2D eigenvalue weighted by atomic mass is 16.4. The van der Waals surface area contributed by atoms with Crippen LogP contribution < -0.4 is 48.7 Å². The number of nitrogens with two attached hydrogens (primary N) is 2. The molecule has 0 unspecified atom stereocenters. The Bertz CT molecular complexity index is 2240. The summed E-state index contributed by atoms with van der Waals surface area (Å²) in [5, 5.41) is 63.8. The number of aromatic hydroxyl groups is 1. The van der Waals surface area contributed by atoms with Crippen molar-refractivity contribution in [3.8, 4) is 5.75 Å². The number of phenols is 1. The van der Waals surface area contributed by atoms with Crippen molar-refractivity contribution in [3.05, 3.63) is 65.7 Å². The van der Waals surface area contributed by atoms with Crippen molar-refractivity contribution >= 4 is 71.1 Å². The van der Waals surface area contributed by atoms with Gasteiger partial charge in [0, 0.05) is 32.1 Å². The van der Waals surface area contributed by atoms with E-state index >= 15 is 0 Å². The maximum absolute atomic E-state index is 14.1. The summed E-state index contributed by atoms with van der Waals surface area (Å²) in [5.74, 6) is -15.0. The summed E-state index contributed by atoms with van der Waals surface area (Å²) >= 11 is 0. The molecule has 0 aliphatic heterocycles. The van der Waals surface area contributed by atoms with Crippen molar-refractivity contribution in [1.82, 2.24) is 37.2 Å². The first-order chi connectivity index (χ1) is 33.3. The molecule has 0 spiro atoms. The van der Waals surface area contributed by atoms with Gasteiger partial charge in [0.15, 0.2) is 0 Å². The summed E-state index contributed by atoms with van der Waals surface area (Å²) in [4.78, 5) is 153. The number of carbonyl (C=O) groups excluding carboxylic acids is 8. The maximum Gasteiger partial charge on any atom is 0.326 e. The number of nitrogens with one attached hydrogen (secondary N) is 7. The monoisotopic (exact) mass is 999 g/mol. The summed E-state index contributed by atoms with van der Waals surface area (Å²) in [6, 6.07) is 0.756. The van der Waals surface area contributed by atoms with Crippen LogP contribution in [0.2, 0.25) is 0 Å². The second-order valence-corrected chi connectivity index (χ2v) is 16.7. The van der Waals surface area contributed by atoms with E-state index in [2.05, 4.69) is 37.2 Å². The van der Waals surface area contributed by atoms with Crippen molar-refractivity contribution in [1.29, 1.82) is 0 Å². The van der Waals surface area contributed by atoms with Crippen LogP contribution >= 0.6 is 0 Å². The summed E-state index contributed by atoms with van der Waals surface area (Å²) in [6.45, 7) is 4.13. The van der Waals surface area contributed by atoms with E-state index in [4.69, 9.17) is 16.6 Å². The van der Waals surface area contributed by atoms with Crippen LogP contribution in [0.5, 0.6) is 5.75 Å². The van der Waals surface area contributed by atoms with E-state index in [-0.39, 0.29) is 18.6 Å². The van der Waals surface area contributed by atoms with Crippen LogP contribution in [0.15, 0.2) is 54.6 Å². The van der Waals surface area contributed by atoms with E-state index < -0.39 is 170 Å². The van der Waals surface area contributed by atoms with Gasteiger partial charge in [-0.15, -0.1) is 0 Å². The molecule has 0 aliphatic carbocycles. The Morgan fingerprint density at radius 3 is 1.41 bits per heavy atom. The van der Waals surface area contributed by atoms with Crippen LogP contribution in [0.4, 0.5) is 0 Å². The number of hydrogen-bond donors (Lipinski definition) is 14. The first-order valence-corrected chi connectivity index (χ1v) is 22.1. The minimum atomic E-state index is -1.80. The summed E-state index contributed by atoms with van der Waals surface area (Å²) < 4.78 is 0. The van der Waals surface area contributed by atoms with Crippen molar-refractivity contribution in [3.63, 3.8) is 0 Å². The molecule has 26 nitrogen and oxygen atoms in total. The second kappa shape index (κ2) is 29.0. The number of aliphatic carboxylic acids is 4. The Morgan fingerprint density at radius 1 is 0.479 bits per heavy atom. The number of rotatable bonds is 31. The molecule has 8 amide bonds.